The van der Waals surface area contributed by atoms with Crippen LogP contribution in [0, 0.1) is 13.8 Å². The number of aromatic nitrogens is 1. The van der Waals surface area contributed by atoms with E-state index in [0.29, 0.717) is 28.6 Å². The fourth-order valence-electron chi connectivity index (χ4n) is 3.69. The molecule has 2 amide bonds. The van der Waals surface area contributed by atoms with Gasteiger partial charge in [-0.2, -0.15) is 0 Å². The molecule has 8 heteroatoms. The summed E-state index contributed by atoms with van der Waals surface area (Å²) in [6.07, 6.45) is 0.647. The molecule has 1 aromatic heterocycles. The van der Waals surface area contributed by atoms with Crippen LogP contribution in [0.1, 0.15) is 34.1 Å². The highest BCUT2D eigenvalue weighted by Crippen LogP contribution is 2.32. The standard InChI is InChI=1S/C29H29N3O3S2/c1-5-25(28(34)32-29-31-26(19(3)36-29)20-11-9-18(2)10-12-20)37-24-8-6-7-22(17-24)30-27(33)21-13-15-23(35-4)16-14-21/h6-17,25H,5H2,1-4H3,(H,30,33)(H,31,32,34). The van der Waals surface area contributed by atoms with Crippen LogP contribution in [0.4, 0.5) is 10.8 Å². The van der Waals surface area contributed by atoms with E-state index in [1.807, 2.05) is 50.2 Å². The summed E-state index contributed by atoms with van der Waals surface area (Å²) in [6.45, 7) is 6.05. The van der Waals surface area contributed by atoms with Crippen molar-refractivity contribution in [3.63, 3.8) is 0 Å². The normalized spacial score (nSPS) is 11.6. The molecule has 2 N–H and O–H groups in total. The van der Waals surface area contributed by atoms with Crippen molar-refractivity contribution >= 4 is 45.7 Å². The topological polar surface area (TPSA) is 80.3 Å². The van der Waals surface area contributed by atoms with Crippen LogP contribution in [0.5, 0.6) is 5.75 Å². The van der Waals surface area contributed by atoms with Crippen molar-refractivity contribution in [3.8, 4) is 17.0 Å². The van der Waals surface area contributed by atoms with Gasteiger partial charge in [-0.3, -0.25) is 9.59 Å². The van der Waals surface area contributed by atoms with Crippen molar-refractivity contribution in [3.05, 3.63) is 88.8 Å². The van der Waals surface area contributed by atoms with Crippen molar-refractivity contribution in [2.24, 2.45) is 0 Å². The van der Waals surface area contributed by atoms with Gasteiger partial charge in [-0.25, -0.2) is 4.98 Å². The van der Waals surface area contributed by atoms with Gasteiger partial charge in [0.25, 0.3) is 5.91 Å². The first-order chi connectivity index (χ1) is 17.9. The molecule has 0 bridgehead atoms. The zero-order chi connectivity index (χ0) is 26.4. The van der Waals surface area contributed by atoms with Crippen LogP contribution >= 0.6 is 23.1 Å². The maximum atomic E-state index is 13.1. The predicted molar refractivity (Wildman–Crippen MR) is 153 cm³/mol. The van der Waals surface area contributed by atoms with E-state index in [1.165, 1.54) is 28.7 Å². The van der Waals surface area contributed by atoms with Crippen molar-refractivity contribution in [1.29, 1.82) is 0 Å². The van der Waals surface area contributed by atoms with Crippen molar-refractivity contribution in [2.75, 3.05) is 17.7 Å². The second kappa shape index (κ2) is 12.1. The van der Waals surface area contributed by atoms with Crippen molar-refractivity contribution in [2.45, 2.75) is 37.3 Å². The minimum Gasteiger partial charge on any atom is -0.497 e. The molecule has 0 aliphatic rings. The first-order valence-corrected chi connectivity index (χ1v) is 13.6. The number of methoxy groups -OCH3 is 1. The van der Waals surface area contributed by atoms with Crippen LogP contribution in [-0.2, 0) is 4.79 Å². The summed E-state index contributed by atoms with van der Waals surface area (Å²) in [5, 5.41) is 6.21. The summed E-state index contributed by atoms with van der Waals surface area (Å²) in [6, 6.07) is 22.7. The molecule has 4 aromatic rings. The Balaban J connectivity index is 1.41. The van der Waals surface area contributed by atoms with Gasteiger partial charge in [-0.15, -0.1) is 23.1 Å². The van der Waals surface area contributed by atoms with Gasteiger partial charge in [0.05, 0.1) is 18.1 Å². The van der Waals surface area contributed by atoms with E-state index in [2.05, 4.69) is 34.7 Å². The highest BCUT2D eigenvalue weighted by molar-refractivity contribution is 8.00. The van der Waals surface area contributed by atoms with Crippen LogP contribution in [0.15, 0.2) is 77.7 Å². The van der Waals surface area contributed by atoms with Gasteiger partial charge in [-0.05, 0) is 62.7 Å². The molecule has 0 saturated heterocycles. The first-order valence-electron chi connectivity index (χ1n) is 11.9. The largest absolute Gasteiger partial charge is 0.497 e. The summed E-state index contributed by atoms with van der Waals surface area (Å²) in [5.74, 6) is 0.389. The summed E-state index contributed by atoms with van der Waals surface area (Å²) in [4.78, 5) is 32.4. The maximum absolute atomic E-state index is 13.1. The van der Waals surface area contributed by atoms with Crippen LogP contribution in [0.3, 0.4) is 0 Å². The zero-order valence-corrected chi connectivity index (χ0v) is 22.8. The van der Waals surface area contributed by atoms with E-state index in [0.717, 1.165) is 21.0 Å². The SMILES string of the molecule is CCC(Sc1cccc(NC(=O)c2ccc(OC)cc2)c1)C(=O)Nc1nc(-c2ccc(C)cc2)c(C)s1. The molecule has 3 aromatic carbocycles. The Kier molecular flexibility index (Phi) is 8.63. The van der Waals surface area contributed by atoms with E-state index in [-0.39, 0.29) is 17.1 Å². The average molecular weight is 532 g/mol. The third kappa shape index (κ3) is 6.78. The smallest absolute Gasteiger partial charge is 0.255 e. The molecule has 1 heterocycles. The molecule has 0 saturated carbocycles. The molecule has 37 heavy (non-hydrogen) atoms. The second-order valence-corrected chi connectivity index (χ2v) is 11.0. The highest BCUT2D eigenvalue weighted by atomic mass is 32.2. The zero-order valence-electron chi connectivity index (χ0n) is 21.2. The van der Waals surface area contributed by atoms with Crippen LogP contribution in [0.2, 0.25) is 0 Å². The fraction of sp³-hybridized carbons (Fsp3) is 0.207. The second-order valence-electron chi connectivity index (χ2n) is 8.50. The number of ether oxygens (including phenoxy) is 1. The van der Waals surface area contributed by atoms with Crippen molar-refractivity contribution < 1.29 is 14.3 Å². The molecule has 190 valence electrons. The number of thioether (sulfide) groups is 1. The van der Waals surface area contributed by atoms with Gasteiger partial charge in [0.1, 0.15) is 5.75 Å². The molecule has 0 aliphatic carbocycles. The van der Waals surface area contributed by atoms with Crippen LogP contribution in [-0.4, -0.2) is 29.2 Å². The number of carbonyl (C=O) groups excluding carboxylic acids is 2. The molecule has 1 unspecified atom stereocenters. The number of aryl methyl sites for hydroxylation is 2. The molecular formula is C29H29N3O3S2. The van der Waals surface area contributed by atoms with Gasteiger partial charge < -0.3 is 15.4 Å². The Morgan fingerprint density at radius 2 is 1.73 bits per heavy atom. The number of benzene rings is 3. The lowest BCUT2D eigenvalue weighted by Crippen LogP contribution is -2.24. The van der Waals surface area contributed by atoms with E-state index in [9.17, 15) is 9.59 Å². The number of carbonyl (C=O) groups is 2. The summed E-state index contributed by atoms with van der Waals surface area (Å²) < 4.78 is 5.15. The monoisotopic (exact) mass is 531 g/mol. The third-order valence-corrected chi connectivity index (χ3v) is 7.98. The van der Waals surface area contributed by atoms with Crippen LogP contribution < -0.4 is 15.4 Å². The van der Waals surface area contributed by atoms with E-state index in [1.54, 1.807) is 31.4 Å². The maximum Gasteiger partial charge on any atom is 0.255 e. The number of hydrogen-bond donors (Lipinski definition) is 2. The first kappa shape index (κ1) is 26.4. The van der Waals surface area contributed by atoms with Crippen molar-refractivity contribution in [1.82, 2.24) is 4.98 Å². The number of rotatable bonds is 9. The lowest BCUT2D eigenvalue weighted by atomic mass is 10.1. The Bertz CT molecular complexity index is 1380. The number of anilines is 2. The Morgan fingerprint density at radius 1 is 1.00 bits per heavy atom. The summed E-state index contributed by atoms with van der Waals surface area (Å²) in [5.41, 5.74) is 4.32. The molecule has 1 atom stereocenters. The van der Waals surface area contributed by atoms with Crippen LogP contribution in [0.25, 0.3) is 11.3 Å². The van der Waals surface area contributed by atoms with Gasteiger partial charge in [0.15, 0.2) is 5.13 Å². The molecule has 0 radical (unpaired) electrons. The highest BCUT2D eigenvalue weighted by Gasteiger charge is 2.21. The average Bonchev–Trinajstić information content (AvgIpc) is 3.27. The number of thiazole rings is 1. The molecular weight excluding hydrogens is 502 g/mol. The minimum absolute atomic E-state index is 0.0932. The molecule has 0 aliphatic heterocycles. The third-order valence-electron chi connectivity index (χ3n) is 5.74. The molecule has 4 rings (SSSR count). The van der Waals surface area contributed by atoms with E-state index >= 15 is 0 Å². The molecule has 6 nitrogen and oxygen atoms in total. The van der Waals surface area contributed by atoms with E-state index < -0.39 is 0 Å². The fourth-order valence-corrected chi connectivity index (χ4v) is 5.55. The quantitative estimate of drug-likeness (QED) is 0.223. The Hall–Kier alpha value is -3.62. The lowest BCUT2D eigenvalue weighted by molar-refractivity contribution is -0.115. The molecule has 0 spiro atoms. The van der Waals surface area contributed by atoms with Gasteiger partial charge in [-0.1, -0.05) is 42.8 Å². The number of nitrogens with one attached hydrogen (secondary N) is 2. The van der Waals surface area contributed by atoms with Gasteiger partial charge >= 0.3 is 0 Å². The molecule has 0 fully saturated rings. The minimum atomic E-state index is -0.306. The predicted octanol–water partition coefficient (Wildman–Crippen LogP) is 7.20. The van der Waals surface area contributed by atoms with E-state index in [4.69, 9.17) is 4.74 Å². The summed E-state index contributed by atoms with van der Waals surface area (Å²) in [7, 11) is 1.59. The number of hydrogen-bond acceptors (Lipinski definition) is 6. The number of amides is 2. The summed E-state index contributed by atoms with van der Waals surface area (Å²) >= 11 is 2.94. The Morgan fingerprint density at radius 3 is 2.41 bits per heavy atom. The number of nitrogens with zero attached hydrogens (tertiary/aromatic N) is 1. The van der Waals surface area contributed by atoms with Gasteiger partial charge in [0.2, 0.25) is 5.91 Å². The lowest BCUT2D eigenvalue weighted by Gasteiger charge is -2.14. The van der Waals surface area contributed by atoms with Gasteiger partial charge in [0, 0.05) is 26.6 Å². The Labute approximate surface area is 225 Å².